The molecule has 1 aromatic heterocycles. The Morgan fingerprint density at radius 2 is 2.06 bits per heavy atom. The van der Waals surface area contributed by atoms with Gasteiger partial charge >= 0.3 is 5.97 Å². The Morgan fingerprint density at radius 1 is 1.47 bits per heavy atom. The van der Waals surface area contributed by atoms with Gasteiger partial charge in [-0.3, -0.25) is 0 Å². The Morgan fingerprint density at radius 3 is 2.59 bits per heavy atom. The Balaban J connectivity index is 2.82. The van der Waals surface area contributed by atoms with E-state index in [2.05, 4.69) is 4.98 Å². The summed E-state index contributed by atoms with van der Waals surface area (Å²) in [6.45, 7) is 2.01. The minimum absolute atomic E-state index is 0.0234. The van der Waals surface area contributed by atoms with E-state index in [0.29, 0.717) is 17.8 Å². The number of carboxylic acids is 1. The largest absolute Gasteiger partial charge is 0.477 e. The highest BCUT2D eigenvalue weighted by Gasteiger charge is 2.12. The molecule has 5 heteroatoms. The van der Waals surface area contributed by atoms with Crippen molar-refractivity contribution in [3.63, 3.8) is 0 Å². The maximum Gasteiger partial charge on any atom is 0.354 e. The van der Waals surface area contributed by atoms with Crippen LogP contribution < -0.4 is 0 Å². The van der Waals surface area contributed by atoms with Crippen LogP contribution in [0.3, 0.4) is 0 Å². The van der Waals surface area contributed by atoms with Crippen molar-refractivity contribution in [3.05, 3.63) is 29.6 Å². The highest BCUT2D eigenvalue weighted by atomic mass is 16.4. The van der Waals surface area contributed by atoms with E-state index in [1.165, 1.54) is 6.07 Å². The first-order valence-electron chi connectivity index (χ1n) is 5.36. The number of aromatic carboxylic acids is 1. The highest BCUT2D eigenvalue weighted by molar-refractivity contribution is 5.97. The lowest BCUT2D eigenvalue weighted by Crippen LogP contribution is -2.27. The summed E-state index contributed by atoms with van der Waals surface area (Å²) in [5.41, 5.74) is 0.762. The number of aromatic nitrogens is 1. The van der Waals surface area contributed by atoms with Gasteiger partial charge in [-0.25, -0.2) is 9.78 Å². The number of hydrogen-bond acceptors (Lipinski definition) is 4. The number of pyridine rings is 1. The van der Waals surface area contributed by atoms with Gasteiger partial charge in [-0.05, 0) is 33.2 Å². The van der Waals surface area contributed by atoms with E-state index < -0.39 is 5.97 Å². The van der Waals surface area contributed by atoms with E-state index in [1.807, 2.05) is 25.9 Å². The maximum absolute atomic E-state index is 10.8. The highest BCUT2D eigenvalue weighted by Crippen LogP contribution is 2.07. The number of hydrogen-bond donors (Lipinski definition) is 2. The van der Waals surface area contributed by atoms with Crippen molar-refractivity contribution in [1.29, 1.82) is 5.41 Å². The molecule has 1 rings (SSSR count). The fourth-order valence-corrected chi connectivity index (χ4v) is 1.30. The van der Waals surface area contributed by atoms with E-state index in [9.17, 15) is 4.79 Å². The summed E-state index contributed by atoms with van der Waals surface area (Å²) < 4.78 is 0. The van der Waals surface area contributed by atoms with Crippen LogP contribution in [-0.4, -0.2) is 46.8 Å². The molecule has 0 radical (unpaired) electrons. The first-order valence-corrected chi connectivity index (χ1v) is 5.36. The van der Waals surface area contributed by atoms with E-state index in [0.717, 1.165) is 0 Å². The number of nitrogens with one attached hydrogen (secondary N) is 1. The van der Waals surface area contributed by atoms with Crippen LogP contribution in [0.1, 0.15) is 29.5 Å². The number of nitrogens with zero attached hydrogens (tertiary/aromatic N) is 2. The minimum atomic E-state index is -1.07. The second-order valence-electron chi connectivity index (χ2n) is 4.21. The number of carbonyl (C=O) groups is 1. The molecule has 17 heavy (non-hydrogen) atoms. The van der Waals surface area contributed by atoms with Crippen LogP contribution in [0.2, 0.25) is 0 Å². The molecular formula is C12H17N3O2. The molecule has 0 aliphatic heterocycles. The smallest absolute Gasteiger partial charge is 0.354 e. The van der Waals surface area contributed by atoms with Gasteiger partial charge in [0, 0.05) is 12.5 Å². The summed E-state index contributed by atoms with van der Waals surface area (Å²) in [5, 5.41) is 16.7. The summed E-state index contributed by atoms with van der Waals surface area (Å²) in [6.07, 6.45) is 0.545. The lowest BCUT2D eigenvalue weighted by molar-refractivity contribution is 0.0690. The van der Waals surface area contributed by atoms with E-state index in [1.54, 1.807) is 12.1 Å². The standard InChI is InChI=1S/C12H17N3O2/c1-8(15(2)3)7-9(13)10-5-4-6-11(14-10)12(16)17/h4-6,8,13H,7H2,1-3H3,(H,16,17). The van der Waals surface area contributed by atoms with Crippen LogP contribution in [0.5, 0.6) is 0 Å². The lowest BCUT2D eigenvalue weighted by Gasteiger charge is -2.19. The molecule has 0 bridgehead atoms. The topological polar surface area (TPSA) is 77.3 Å². The van der Waals surface area contributed by atoms with Crippen molar-refractivity contribution >= 4 is 11.7 Å². The zero-order valence-corrected chi connectivity index (χ0v) is 10.3. The van der Waals surface area contributed by atoms with Crippen LogP contribution >= 0.6 is 0 Å². The molecule has 1 aromatic rings. The molecule has 1 heterocycles. The summed E-state index contributed by atoms with van der Waals surface area (Å²) in [4.78, 5) is 16.7. The van der Waals surface area contributed by atoms with Crippen LogP contribution in [0, 0.1) is 5.41 Å². The van der Waals surface area contributed by atoms with E-state index >= 15 is 0 Å². The van der Waals surface area contributed by atoms with Crippen LogP contribution in [0.4, 0.5) is 0 Å². The van der Waals surface area contributed by atoms with E-state index in [-0.39, 0.29) is 11.7 Å². The fourth-order valence-electron chi connectivity index (χ4n) is 1.30. The Kier molecular flexibility index (Phi) is 4.34. The van der Waals surface area contributed by atoms with Crippen LogP contribution in [-0.2, 0) is 0 Å². The SMILES string of the molecule is CC(CC(=N)c1cccc(C(=O)O)n1)N(C)C. The lowest BCUT2D eigenvalue weighted by atomic mass is 10.1. The molecule has 0 aliphatic carbocycles. The van der Waals surface area contributed by atoms with Gasteiger partial charge in [-0.15, -0.1) is 0 Å². The van der Waals surface area contributed by atoms with Gasteiger partial charge in [0.2, 0.25) is 0 Å². The summed E-state index contributed by atoms with van der Waals surface area (Å²) in [7, 11) is 3.89. The van der Waals surface area contributed by atoms with Gasteiger partial charge in [0.25, 0.3) is 0 Å². The third kappa shape index (κ3) is 3.64. The molecule has 0 saturated carbocycles. The molecule has 2 N–H and O–H groups in total. The molecule has 1 unspecified atom stereocenters. The summed E-state index contributed by atoms with van der Waals surface area (Å²) in [6, 6.07) is 4.92. The molecular weight excluding hydrogens is 218 g/mol. The van der Waals surface area contributed by atoms with Crippen molar-refractivity contribution in [2.24, 2.45) is 0 Å². The third-order valence-electron chi connectivity index (χ3n) is 2.66. The third-order valence-corrected chi connectivity index (χ3v) is 2.66. The van der Waals surface area contributed by atoms with Crippen molar-refractivity contribution in [1.82, 2.24) is 9.88 Å². The molecule has 5 nitrogen and oxygen atoms in total. The van der Waals surface area contributed by atoms with Crippen LogP contribution in [0.15, 0.2) is 18.2 Å². The van der Waals surface area contributed by atoms with Gasteiger partial charge in [0.05, 0.1) is 11.4 Å². The molecule has 0 spiro atoms. The monoisotopic (exact) mass is 235 g/mol. The van der Waals surface area contributed by atoms with Gasteiger partial charge in [-0.2, -0.15) is 0 Å². The Bertz CT molecular complexity index is 430. The average molecular weight is 235 g/mol. The molecule has 0 fully saturated rings. The molecule has 0 amide bonds. The van der Waals surface area contributed by atoms with Crippen molar-refractivity contribution < 1.29 is 9.90 Å². The second kappa shape index (κ2) is 5.54. The van der Waals surface area contributed by atoms with Gasteiger partial charge in [-0.1, -0.05) is 6.07 Å². The van der Waals surface area contributed by atoms with Gasteiger partial charge in [0.1, 0.15) is 5.69 Å². The van der Waals surface area contributed by atoms with Crippen LogP contribution in [0.25, 0.3) is 0 Å². The first-order chi connectivity index (χ1) is 7.91. The number of carboxylic acid groups (broad SMARTS) is 1. The van der Waals surface area contributed by atoms with E-state index in [4.69, 9.17) is 10.5 Å². The molecule has 0 aromatic carbocycles. The zero-order chi connectivity index (χ0) is 13.0. The number of rotatable bonds is 5. The predicted molar refractivity (Wildman–Crippen MR) is 65.8 cm³/mol. The molecule has 0 aliphatic rings. The quantitative estimate of drug-likeness (QED) is 0.758. The molecule has 92 valence electrons. The molecule has 0 saturated heterocycles. The summed E-state index contributed by atoms with van der Waals surface area (Å²) >= 11 is 0. The minimum Gasteiger partial charge on any atom is -0.477 e. The van der Waals surface area contributed by atoms with Crippen molar-refractivity contribution in [2.75, 3.05) is 14.1 Å². The Hall–Kier alpha value is -1.75. The average Bonchev–Trinajstić information content (AvgIpc) is 2.28. The predicted octanol–water partition coefficient (Wildman–Crippen LogP) is 1.49. The fraction of sp³-hybridized carbons (Fsp3) is 0.417. The van der Waals surface area contributed by atoms with Crippen molar-refractivity contribution in [3.8, 4) is 0 Å². The summed E-state index contributed by atoms with van der Waals surface area (Å²) in [5.74, 6) is -1.07. The normalized spacial score (nSPS) is 12.5. The first kappa shape index (κ1) is 13.3. The van der Waals surface area contributed by atoms with Gasteiger partial charge < -0.3 is 15.4 Å². The maximum atomic E-state index is 10.8. The zero-order valence-electron chi connectivity index (χ0n) is 10.3. The van der Waals surface area contributed by atoms with Gasteiger partial charge in [0.15, 0.2) is 0 Å². The Labute approximate surface area is 101 Å². The van der Waals surface area contributed by atoms with Crippen molar-refractivity contribution in [2.45, 2.75) is 19.4 Å². The molecule has 1 atom stereocenters. The second-order valence-corrected chi connectivity index (χ2v) is 4.21.